The van der Waals surface area contributed by atoms with Gasteiger partial charge in [-0.3, -0.25) is 9.59 Å². The Morgan fingerprint density at radius 2 is 1.86 bits per heavy atom. The van der Waals surface area contributed by atoms with Crippen LogP contribution < -0.4 is 15.8 Å². The van der Waals surface area contributed by atoms with Crippen LogP contribution in [0, 0.1) is 0 Å². The van der Waals surface area contributed by atoms with Crippen LogP contribution in [0.2, 0.25) is 0 Å². The molecule has 0 fully saturated rings. The van der Waals surface area contributed by atoms with Gasteiger partial charge in [-0.1, -0.05) is 0 Å². The van der Waals surface area contributed by atoms with Crippen molar-refractivity contribution in [3.05, 3.63) is 24.3 Å². The van der Waals surface area contributed by atoms with E-state index in [-0.39, 0.29) is 16.6 Å². The quantitative estimate of drug-likeness (QED) is 0.612. The predicted molar refractivity (Wildman–Crippen MR) is 82.5 cm³/mol. The summed E-state index contributed by atoms with van der Waals surface area (Å²) >= 11 is 1.41. The fraction of sp³-hybridized carbons (Fsp3) is 0.333. The third kappa shape index (κ3) is 6.15. The van der Waals surface area contributed by atoms with Gasteiger partial charge in [-0.25, -0.2) is 13.1 Å². The van der Waals surface area contributed by atoms with Crippen LogP contribution in [0.4, 0.5) is 5.69 Å². The van der Waals surface area contributed by atoms with E-state index in [4.69, 9.17) is 5.73 Å². The lowest BCUT2D eigenvalue weighted by molar-refractivity contribution is -0.117. The second-order valence-corrected chi connectivity index (χ2v) is 6.86. The summed E-state index contributed by atoms with van der Waals surface area (Å²) in [5.41, 5.74) is 5.80. The van der Waals surface area contributed by atoms with Gasteiger partial charge >= 0.3 is 0 Å². The SMILES string of the molecule is CC(=O)NS(=O)(=O)c1ccc(NC(=O)CSCCN)cc1. The third-order valence-corrected chi connectivity index (χ3v) is 4.66. The largest absolute Gasteiger partial charge is 0.330 e. The molecule has 0 aromatic heterocycles. The second kappa shape index (κ2) is 8.01. The van der Waals surface area contributed by atoms with Crippen LogP contribution in [0.15, 0.2) is 29.2 Å². The molecule has 9 heteroatoms. The number of rotatable bonds is 7. The highest BCUT2D eigenvalue weighted by Gasteiger charge is 2.15. The summed E-state index contributed by atoms with van der Waals surface area (Å²) in [6.45, 7) is 1.62. The normalized spacial score (nSPS) is 11.0. The molecule has 0 radical (unpaired) electrons. The Hall–Kier alpha value is -1.58. The van der Waals surface area contributed by atoms with E-state index in [2.05, 4.69) is 5.32 Å². The molecule has 0 atom stereocenters. The zero-order valence-corrected chi connectivity index (χ0v) is 13.1. The monoisotopic (exact) mass is 331 g/mol. The van der Waals surface area contributed by atoms with Crippen LogP contribution in [0.5, 0.6) is 0 Å². The smallest absolute Gasteiger partial charge is 0.264 e. The molecule has 0 aliphatic rings. The minimum atomic E-state index is -3.85. The van der Waals surface area contributed by atoms with Crippen LogP contribution in [0.25, 0.3) is 0 Å². The first-order valence-corrected chi connectivity index (χ1v) is 8.70. The number of nitrogens with two attached hydrogens (primary N) is 1. The molecule has 0 spiro atoms. The van der Waals surface area contributed by atoms with Crippen molar-refractivity contribution in [2.45, 2.75) is 11.8 Å². The third-order valence-electron chi connectivity index (χ3n) is 2.22. The fourth-order valence-electron chi connectivity index (χ4n) is 1.41. The molecule has 0 bridgehead atoms. The van der Waals surface area contributed by atoms with E-state index in [9.17, 15) is 18.0 Å². The van der Waals surface area contributed by atoms with Crippen molar-refractivity contribution >= 4 is 39.3 Å². The zero-order valence-electron chi connectivity index (χ0n) is 11.5. The van der Waals surface area contributed by atoms with Crippen molar-refractivity contribution in [3.8, 4) is 0 Å². The molecule has 116 valence electrons. The van der Waals surface area contributed by atoms with E-state index in [0.717, 1.165) is 6.92 Å². The van der Waals surface area contributed by atoms with Crippen molar-refractivity contribution in [1.82, 2.24) is 4.72 Å². The molecule has 1 rings (SSSR count). The van der Waals surface area contributed by atoms with Crippen molar-refractivity contribution in [3.63, 3.8) is 0 Å². The van der Waals surface area contributed by atoms with Crippen LogP contribution in [0.3, 0.4) is 0 Å². The van der Waals surface area contributed by atoms with Gasteiger partial charge < -0.3 is 11.1 Å². The number of carbonyl (C=O) groups is 2. The van der Waals surface area contributed by atoms with Gasteiger partial charge in [0.15, 0.2) is 0 Å². The summed E-state index contributed by atoms with van der Waals surface area (Å²) in [6, 6.07) is 5.54. The topological polar surface area (TPSA) is 118 Å². The van der Waals surface area contributed by atoms with E-state index < -0.39 is 15.9 Å². The number of carbonyl (C=O) groups excluding carboxylic acids is 2. The van der Waals surface area contributed by atoms with E-state index in [1.54, 1.807) is 0 Å². The van der Waals surface area contributed by atoms with Gasteiger partial charge in [0, 0.05) is 24.9 Å². The number of benzene rings is 1. The Morgan fingerprint density at radius 1 is 1.24 bits per heavy atom. The summed E-state index contributed by atoms with van der Waals surface area (Å²) in [4.78, 5) is 22.3. The van der Waals surface area contributed by atoms with Crippen molar-refractivity contribution < 1.29 is 18.0 Å². The lowest BCUT2D eigenvalue weighted by atomic mass is 10.3. The first-order valence-electron chi connectivity index (χ1n) is 6.06. The van der Waals surface area contributed by atoms with Crippen LogP contribution >= 0.6 is 11.8 Å². The molecule has 7 nitrogen and oxygen atoms in total. The number of amides is 2. The minimum absolute atomic E-state index is 0.0480. The number of thioether (sulfide) groups is 1. The summed E-state index contributed by atoms with van der Waals surface area (Å²) < 4.78 is 25.3. The Labute approximate surface area is 127 Å². The van der Waals surface area contributed by atoms with Gasteiger partial charge in [-0.2, -0.15) is 11.8 Å². The maximum Gasteiger partial charge on any atom is 0.264 e. The fourth-order valence-corrected chi connectivity index (χ4v) is 2.97. The van der Waals surface area contributed by atoms with E-state index in [1.807, 2.05) is 4.72 Å². The molecule has 0 heterocycles. The van der Waals surface area contributed by atoms with E-state index in [1.165, 1.54) is 36.0 Å². The van der Waals surface area contributed by atoms with E-state index in [0.29, 0.717) is 18.0 Å². The molecule has 1 aromatic rings. The minimum Gasteiger partial charge on any atom is -0.330 e. The molecule has 0 unspecified atom stereocenters. The lowest BCUT2D eigenvalue weighted by Gasteiger charge is -2.07. The highest BCUT2D eigenvalue weighted by atomic mass is 32.2. The standard InChI is InChI=1S/C12H17N3O4S2/c1-9(16)15-21(18,19)11-4-2-10(3-5-11)14-12(17)8-20-7-6-13/h2-5H,6-8,13H2,1H3,(H,14,17)(H,15,16). The van der Waals surface area contributed by atoms with Gasteiger partial charge in [-0.15, -0.1) is 0 Å². The highest BCUT2D eigenvalue weighted by molar-refractivity contribution is 7.99. The van der Waals surface area contributed by atoms with Crippen LogP contribution in [-0.2, 0) is 19.6 Å². The van der Waals surface area contributed by atoms with Crippen LogP contribution in [-0.4, -0.2) is 38.3 Å². The number of anilines is 1. The molecule has 0 saturated carbocycles. The zero-order chi connectivity index (χ0) is 15.9. The molecular weight excluding hydrogens is 314 g/mol. The number of sulfonamides is 1. The molecule has 2 amide bonds. The summed E-state index contributed by atoms with van der Waals surface area (Å²) in [7, 11) is -3.85. The Kier molecular flexibility index (Phi) is 6.66. The molecule has 21 heavy (non-hydrogen) atoms. The Morgan fingerprint density at radius 3 is 2.38 bits per heavy atom. The average molecular weight is 331 g/mol. The van der Waals surface area contributed by atoms with Crippen molar-refractivity contribution in [2.24, 2.45) is 5.73 Å². The Balaban J connectivity index is 2.66. The van der Waals surface area contributed by atoms with Crippen molar-refractivity contribution in [2.75, 3.05) is 23.4 Å². The molecule has 0 saturated heterocycles. The van der Waals surface area contributed by atoms with Crippen molar-refractivity contribution in [1.29, 1.82) is 0 Å². The maximum absolute atomic E-state index is 11.7. The number of nitrogens with one attached hydrogen (secondary N) is 2. The van der Waals surface area contributed by atoms with Gasteiger partial charge in [0.1, 0.15) is 0 Å². The first-order chi connectivity index (χ1) is 9.85. The van der Waals surface area contributed by atoms with E-state index >= 15 is 0 Å². The molecular formula is C12H17N3O4S2. The lowest BCUT2D eigenvalue weighted by Crippen LogP contribution is -2.28. The molecule has 0 aliphatic carbocycles. The summed E-state index contributed by atoms with van der Waals surface area (Å²) in [5.74, 6) is 0.125. The highest BCUT2D eigenvalue weighted by Crippen LogP contribution is 2.14. The Bertz CT molecular complexity index is 599. The molecule has 1 aromatic carbocycles. The van der Waals surface area contributed by atoms with Gasteiger partial charge in [0.05, 0.1) is 10.6 Å². The van der Waals surface area contributed by atoms with Gasteiger partial charge in [-0.05, 0) is 24.3 Å². The number of hydrogen-bond donors (Lipinski definition) is 3. The number of hydrogen-bond acceptors (Lipinski definition) is 6. The first kappa shape index (κ1) is 17.5. The van der Waals surface area contributed by atoms with Crippen LogP contribution in [0.1, 0.15) is 6.92 Å². The summed E-state index contributed by atoms with van der Waals surface area (Å²) in [5, 5.41) is 2.64. The maximum atomic E-state index is 11.7. The predicted octanol–water partition coefficient (Wildman–Crippen LogP) is 0.142. The summed E-state index contributed by atoms with van der Waals surface area (Å²) in [6.07, 6.45) is 0. The van der Waals surface area contributed by atoms with Gasteiger partial charge in [0.25, 0.3) is 10.0 Å². The molecule has 0 aliphatic heterocycles. The molecule has 4 N–H and O–H groups in total. The second-order valence-electron chi connectivity index (χ2n) is 4.08. The van der Waals surface area contributed by atoms with Gasteiger partial charge in [0.2, 0.25) is 11.8 Å². The average Bonchev–Trinajstić information content (AvgIpc) is 2.38.